The van der Waals surface area contributed by atoms with Crippen LogP contribution in [0.15, 0.2) is 111 Å². The van der Waals surface area contributed by atoms with Gasteiger partial charge in [0.1, 0.15) is 11.5 Å². The molecule has 2 aliphatic heterocycles. The maximum absolute atomic E-state index is 12.1. The van der Waals surface area contributed by atoms with E-state index >= 15 is 0 Å². The van der Waals surface area contributed by atoms with E-state index in [-0.39, 0.29) is 17.1 Å². The van der Waals surface area contributed by atoms with Crippen LogP contribution in [-0.4, -0.2) is 32.1 Å². The van der Waals surface area contributed by atoms with Gasteiger partial charge in [0.15, 0.2) is 5.84 Å². The van der Waals surface area contributed by atoms with Gasteiger partial charge in [-0.2, -0.15) is 10.1 Å². The molecule has 2 N–H and O–H groups in total. The Morgan fingerprint density at radius 2 is 1.72 bits per heavy atom. The van der Waals surface area contributed by atoms with Gasteiger partial charge in [-0.15, -0.1) is 5.11 Å². The molecule has 0 radical (unpaired) electrons. The lowest BCUT2D eigenvalue weighted by molar-refractivity contribution is 0.0992. The number of rotatable bonds is 3. The molecule has 4 rings (SSSR count). The summed E-state index contributed by atoms with van der Waals surface area (Å²) in [6.07, 6.45) is 7.97. The Morgan fingerprint density at radius 3 is 2.44 bits per heavy atom. The van der Waals surface area contributed by atoms with E-state index < -0.39 is 11.1 Å². The average Bonchev–Trinajstić information content (AvgIpc) is 3.19. The molecule has 0 saturated carbocycles. The largest absolute Gasteiger partial charge is 0.507 e. The van der Waals surface area contributed by atoms with Crippen LogP contribution >= 0.6 is 11.8 Å². The van der Waals surface area contributed by atoms with Gasteiger partial charge in [0.25, 0.3) is 5.91 Å². The Hall–Kier alpha value is -4.24. The predicted molar refractivity (Wildman–Crippen MR) is 122 cm³/mol. The molecule has 2 aromatic rings. The lowest BCUT2D eigenvalue weighted by Gasteiger charge is -2.19. The highest BCUT2D eigenvalue weighted by Crippen LogP contribution is 2.31. The number of phenols is 1. The number of amidine groups is 1. The molecule has 9 heteroatoms. The van der Waals surface area contributed by atoms with Crippen LogP contribution in [0.1, 0.15) is 15.9 Å². The summed E-state index contributed by atoms with van der Waals surface area (Å²) in [6, 6.07) is 15.1. The molecule has 8 nitrogen and oxygen atoms in total. The van der Waals surface area contributed by atoms with Crippen LogP contribution in [0, 0.1) is 0 Å². The van der Waals surface area contributed by atoms with Crippen molar-refractivity contribution in [3.05, 3.63) is 107 Å². The summed E-state index contributed by atoms with van der Waals surface area (Å²) in [5.41, 5.74) is 1.31. The maximum atomic E-state index is 12.1. The summed E-state index contributed by atoms with van der Waals surface area (Å²) in [5.74, 6) is -0.455. The van der Waals surface area contributed by atoms with Crippen molar-refractivity contribution in [1.29, 1.82) is 0 Å². The second kappa shape index (κ2) is 9.27. The number of para-hydroxylation sites is 1. The molecule has 0 aliphatic carbocycles. The van der Waals surface area contributed by atoms with Gasteiger partial charge in [-0.1, -0.05) is 42.5 Å². The standard InChI is InChI=1S/C23H16N4O4S/c28-18-9-5-4-8-17(18)22(30)26-24-14-19-21(25-23(31)32-19)27-12-10-16(11-13-27)20(29)15-6-2-1-3-7-15/h1-14,28-29H/b19-14+,26-24?. The van der Waals surface area contributed by atoms with Crippen LogP contribution in [0.2, 0.25) is 0 Å². The molecule has 2 aliphatic rings. The number of thioether (sulfide) groups is 1. The monoisotopic (exact) mass is 444 g/mol. The maximum Gasteiger partial charge on any atom is 0.311 e. The highest BCUT2D eigenvalue weighted by atomic mass is 32.2. The van der Waals surface area contributed by atoms with Gasteiger partial charge in [-0.25, -0.2) is 0 Å². The van der Waals surface area contributed by atoms with E-state index in [2.05, 4.69) is 15.2 Å². The molecule has 0 spiro atoms. The highest BCUT2D eigenvalue weighted by Gasteiger charge is 2.26. The molecule has 0 saturated heterocycles. The molecule has 0 atom stereocenters. The normalized spacial score (nSPS) is 16.8. The van der Waals surface area contributed by atoms with Gasteiger partial charge < -0.3 is 15.1 Å². The fourth-order valence-corrected chi connectivity index (χ4v) is 3.57. The number of carbonyl (C=O) groups excluding carboxylic acids is 2. The van der Waals surface area contributed by atoms with E-state index in [9.17, 15) is 19.8 Å². The molecule has 158 valence electrons. The first kappa shape index (κ1) is 21.0. The van der Waals surface area contributed by atoms with Gasteiger partial charge in [-0.3, -0.25) is 9.59 Å². The van der Waals surface area contributed by atoms with E-state index in [0.29, 0.717) is 21.9 Å². The van der Waals surface area contributed by atoms with Gasteiger partial charge >= 0.3 is 5.24 Å². The first-order chi connectivity index (χ1) is 15.5. The molecule has 2 amide bonds. The van der Waals surface area contributed by atoms with Crippen LogP contribution < -0.4 is 0 Å². The SMILES string of the molecule is O=C1N=C(N2C=CC(=C(O)c3ccccc3)C=C2)/C(=C\N=NC(=O)c2ccccc2O)S1. The average molecular weight is 444 g/mol. The molecular formula is C23H16N4O4S. The van der Waals surface area contributed by atoms with Crippen molar-refractivity contribution >= 4 is 34.5 Å². The van der Waals surface area contributed by atoms with Crippen LogP contribution in [0.3, 0.4) is 0 Å². The van der Waals surface area contributed by atoms with Crippen molar-refractivity contribution in [2.45, 2.75) is 0 Å². The zero-order valence-corrected chi connectivity index (χ0v) is 17.3. The minimum Gasteiger partial charge on any atom is -0.507 e. The van der Waals surface area contributed by atoms with E-state index in [0.717, 1.165) is 11.8 Å². The number of aromatic hydroxyl groups is 1. The molecule has 2 heterocycles. The number of benzene rings is 2. The van der Waals surface area contributed by atoms with Gasteiger partial charge in [0, 0.05) is 23.5 Å². The summed E-state index contributed by atoms with van der Waals surface area (Å²) in [6.45, 7) is 0. The minimum atomic E-state index is -0.711. The Balaban J connectivity index is 1.51. The lowest BCUT2D eigenvalue weighted by atomic mass is 10.1. The van der Waals surface area contributed by atoms with E-state index in [1.165, 1.54) is 18.3 Å². The third-order valence-corrected chi connectivity index (χ3v) is 5.24. The van der Waals surface area contributed by atoms with Crippen molar-refractivity contribution in [2.75, 3.05) is 0 Å². The number of amides is 2. The third kappa shape index (κ3) is 4.57. The number of hydrogen-bond acceptors (Lipinski definition) is 7. The molecular weight excluding hydrogens is 428 g/mol. The Labute approximate surface area is 187 Å². The van der Waals surface area contributed by atoms with E-state index in [1.54, 1.807) is 53.7 Å². The van der Waals surface area contributed by atoms with Crippen molar-refractivity contribution in [3.8, 4) is 5.75 Å². The number of allylic oxidation sites excluding steroid dienone is 3. The van der Waals surface area contributed by atoms with Crippen LogP contribution in [0.25, 0.3) is 5.76 Å². The third-order valence-electron chi connectivity index (χ3n) is 4.47. The number of aliphatic hydroxyl groups excluding tert-OH is 1. The first-order valence-electron chi connectivity index (χ1n) is 9.40. The van der Waals surface area contributed by atoms with Crippen LogP contribution in [0.5, 0.6) is 5.75 Å². The molecule has 0 fully saturated rings. The number of aliphatic hydroxyl groups is 1. The van der Waals surface area contributed by atoms with Gasteiger partial charge in [-0.05, 0) is 36.0 Å². The molecule has 0 aromatic heterocycles. The summed E-state index contributed by atoms with van der Waals surface area (Å²) >= 11 is 0.855. The zero-order chi connectivity index (χ0) is 22.5. The van der Waals surface area contributed by atoms with Gasteiger partial charge in [0.2, 0.25) is 0 Å². The molecule has 0 bridgehead atoms. The van der Waals surface area contributed by atoms with Crippen LogP contribution in [0.4, 0.5) is 4.79 Å². The Morgan fingerprint density at radius 1 is 1.03 bits per heavy atom. The summed E-state index contributed by atoms with van der Waals surface area (Å²) in [7, 11) is 0. The van der Waals surface area contributed by atoms with E-state index in [1.807, 2.05) is 18.2 Å². The number of azo groups is 1. The fraction of sp³-hybridized carbons (Fsp3) is 0. The first-order valence-corrected chi connectivity index (χ1v) is 10.2. The Bertz CT molecular complexity index is 1240. The lowest BCUT2D eigenvalue weighted by Crippen LogP contribution is -2.20. The van der Waals surface area contributed by atoms with Crippen molar-refractivity contribution in [3.63, 3.8) is 0 Å². The van der Waals surface area contributed by atoms with Crippen molar-refractivity contribution in [2.24, 2.45) is 15.2 Å². The minimum absolute atomic E-state index is 0.0260. The highest BCUT2D eigenvalue weighted by molar-refractivity contribution is 8.18. The summed E-state index contributed by atoms with van der Waals surface area (Å²) < 4.78 is 0. The Kier molecular flexibility index (Phi) is 6.09. The van der Waals surface area contributed by atoms with Crippen molar-refractivity contribution in [1.82, 2.24) is 4.90 Å². The fourth-order valence-electron chi connectivity index (χ4n) is 2.90. The second-order valence-electron chi connectivity index (χ2n) is 6.54. The smallest absolute Gasteiger partial charge is 0.311 e. The predicted octanol–water partition coefficient (Wildman–Crippen LogP) is 5.40. The number of hydrogen-bond donors (Lipinski definition) is 2. The molecule has 32 heavy (non-hydrogen) atoms. The van der Waals surface area contributed by atoms with Gasteiger partial charge in [0.05, 0.1) is 16.7 Å². The van der Waals surface area contributed by atoms with E-state index in [4.69, 9.17) is 0 Å². The number of carbonyl (C=O) groups is 2. The van der Waals surface area contributed by atoms with Crippen LogP contribution in [-0.2, 0) is 0 Å². The topological polar surface area (TPSA) is 115 Å². The molecule has 2 aromatic carbocycles. The summed E-state index contributed by atoms with van der Waals surface area (Å²) in [4.78, 5) is 29.9. The summed E-state index contributed by atoms with van der Waals surface area (Å²) in [5, 5.41) is 27.1. The number of phenolic OH excluding ortho intramolecular Hbond substituents is 1. The number of nitrogens with zero attached hydrogens (tertiary/aromatic N) is 4. The second-order valence-corrected chi connectivity index (χ2v) is 7.54. The quantitative estimate of drug-likeness (QED) is 0.484. The van der Waals surface area contributed by atoms with Crippen molar-refractivity contribution < 1.29 is 19.8 Å². The number of aliphatic imine (C=N–C) groups is 1. The molecule has 0 unspecified atom stereocenters. The zero-order valence-electron chi connectivity index (χ0n) is 16.5.